The molecule has 0 aromatic heterocycles. The van der Waals surface area contributed by atoms with E-state index in [9.17, 15) is 24.3 Å². The van der Waals surface area contributed by atoms with Crippen molar-refractivity contribution in [1.29, 1.82) is 0 Å². The van der Waals surface area contributed by atoms with E-state index in [0.717, 1.165) is 19.2 Å². The Labute approximate surface area is 156 Å². The number of ether oxygens (including phenoxy) is 1. The lowest BCUT2D eigenvalue weighted by Crippen LogP contribution is -2.40. The van der Waals surface area contributed by atoms with Gasteiger partial charge in [-0.2, -0.15) is 4.91 Å². The zero-order chi connectivity index (χ0) is 20.8. The molecule has 0 spiro atoms. The van der Waals surface area contributed by atoms with E-state index >= 15 is 0 Å². The number of hydrogen-bond donors (Lipinski definition) is 0. The molecule has 2 saturated heterocycles. The smallest absolute Gasteiger partial charge is 0.310 e. The molecule has 4 nitrogen and oxygen atoms in total. The standard InChI is InChI=1S/C8H14N2O.C7H7F5OS.C2H6/c11-9-7-8-3-1-5-10(8)6-2-4-8;1-13-6-3-2-4-7(5-6)14(8,9,10,11)12;1-2/h1-7H2;2-5H,1H3;1-2H3. The Balaban J connectivity index is 0.000000252. The molecule has 0 amide bonds. The zero-order valence-electron chi connectivity index (χ0n) is 15.8. The Bertz CT molecular complexity index is 630. The molecule has 0 saturated carbocycles. The van der Waals surface area contributed by atoms with Crippen LogP contribution in [0.2, 0.25) is 0 Å². The van der Waals surface area contributed by atoms with E-state index in [1.54, 1.807) is 0 Å². The quantitative estimate of drug-likeness (QED) is 0.401. The summed E-state index contributed by atoms with van der Waals surface area (Å²) in [6, 6.07) is 2.63. The second-order valence-corrected chi connectivity index (χ2v) is 8.76. The Kier molecular flexibility index (Phi) is 6.92. The molecule has 3 rings (SSSR count). The van der Waals surface area contributed by atoms with E-state index in [4.69, 9.17) is 0 Å². The topological polar surface area (TPSA) is 41.9 Å². The maximum atomic E-state index is 12.2. The van der Waals surface area contributed by atoms with Crippen LogP contribution in [0, 0.1) is 4.91 Å². The molecule has 0 radical (unpaired) electrons. The fraction of sp³-hybridized carbons (Fsp3) is 0.647. The number of methoxy groups -OCH3 is 1. The van der Waals surface area contributed by atoms with Crippen molar-refractivity contribution < 1.29 is 24.2 Å². The normalized spacial score (nSPS) is 20.7. The van der Waals surface area contributed by atoms with Gasteiger partial charge in [-0.05, 0) is 50.9 Å². The number of benzene rings is 1. The molecular weight excluding hydrogens is 391 g/mol. The van der Waals surface area contributed by atoms with E-state index < -0.39 is 15.1 Å². The van der Waals surface area contributed by atoms with E-state index in [-0.39, 0.29) is 17.4 Å². The molecule has 158 valence electrons. The minimum absolute atomic E-state index is 0.210. The van der Waals surface area contributed by atoms with Gasteiger partial charge in [0.15, 0.2) is 0 Å². The van der Waals surface area contributed by atoms with Crippen LogP contribution in [0.1, 0.15) is 39.5 Å². The van der Waals surface area contributed by atoms with Crippen LogP contribution in [0.4, 0.5) is 19.4 Å². The molecular formula is C17H27F5N2O2S. The molecule has 1 aromatic carbocycles. The van der Waals surface area contributed by atoms with Crippen molar-refractivity contribution in [3.8, 4) is 5.75 Å². The molecule has 1 aromatic rings. The highest BCUT2D eigenvalue weighted by atomic mass is 32.5. The predicted octanol–water partition coefficient (Wildman–Crippen LogP) is 6.76. The lowest BCUT2D eigenvalue weighted by molar-refractivity contribution is 0.204. The molecule has 27 heavy (non-hydrogen) atoms. The Morgan fingerprint density at radius 2 is 1.67 bits per heavy atom. The number of hydrogen-bond acceptors (Lipinski definition) is 4. The van der Waals surface area contributed by atoms with E-state index in [2.05, 4.69) is 14.8 Å². The van der Waals surface area contributed by atoms with Crippen LogP contribution in [-0.4, -0.2) is 37.2 Å². The SMILES string of the molecule is CC.COc1cccc(S(F)(F)(F)(F)F)c1.O=NCC12CCCN1CCC2. The Morgan fingerprint density at radius 1 is 1.11 bits per heavy atom. The van der Waals surface area contributed by atoms with Crippen LogP contribution in [-0.2, 0) is 0 Å². The zero-order valence-corrected chi connectivity index (χ0v) is 16.6. The number of halogens is 5. The van der Waals surface area contributed by atoms with E-state index in [0.29, 0.717) is 12.6 Å². The molecule has 0 N–H and O–H groups in total. The van der Waals surface area contributed by atoms with Crippen LogP contribution < -0.4 is 4.74 Å². The van der Waals surface area contributed by atoms with Crippen molar-refractivity contribution >= 4 is 10.2 Å². The summed E-state index contributed by atoms with van der Waals surface area (Å²) in [7, 11) is -8.46. The van der Waals surface area contributed by atoms with Gasteiger partial charge in [0.1, 0.15) is 10.6 Å². The minimum Gasteiger partial charge on any atom is -0.497 e. The number of nitrogens with zero attached hydrogens (tertiary/aromatic N) is 2. The van der Waals surface area contributed by atoms with Crippen molar-refractivity contribution in [2.45, 2.75) is 50.0 Å². The fourth-order valence-corrected chi connectivity index (χ4v) is 4.12. The second-order valence-electron chi connectivity index (χ2n) is 6.35. The third-order valence-corrected chi connectivity index (χ3v) is 5.80. The number of rotatable bonds is 4. The highest BCUT2D eigenvalue weighted by Gasteiger charge is 2.65. The summed E-state index contributed by atoms with van der Waals surface area (Å²) < 4.78 is 65.5. The first kappa shape index (κ1) is 23.6. The maximum absolute atomic E-state index is 12.2. The van der Waals surface area contributed by atoms with Crippen molar-refractivity contribution in [1.82, 2.24) is 4.90 Å². The van der Waals surface area contributed by atoms with Gasteiger partial charge in [0, 0.05) is 11.6 Å². The molecule has 0 unspecified atom stereocenters. The van der Waals surface area contributed by atoms with Gasteiger partial charge >= 0.3 is 10.2 Å². The molecule has 2 aliphatic heterocycles. The van der Waals surface area contributed by atoms with Gasteiger partial charge in [-0.3, -0.25) is 4.90 Å². The predicted molar refractivity (Wildman–Crippen MR) is 99.2 cm³/mol. The molecule has 0 bridgehead atoms. The summed E-state index contributed by atoms with van der Waals surface area (Å²) >= 11 is 0. The average Bonchev–Trinajstić information content (AvgIpc) is 3.15. The lowest BCUT2D eigenvalue weighted by atomic mass is 9.94. The third-order valence-electron chi connectivity index (χ3n) is 4.66. The van der Waals surface area contributed by atoms with Gasteiger partial charge in [-0.25, -0.2) is 0 Å². The van der Waals surface area contributed by atoms with Crippen molar-refractivity contribution in [3.05, 3.63) is 29.2 Å². The van der Waals surface area contributed by atoms with E-state index in [1.165, 1.54) is 38.8 Å². The minimum atomic E-state index is -9.56. The highest BCUT2D eigenvalue weighted by Crippen LogP contribution is 3.02. The maximum Gasteiger partial charge on any atom is 0.310 e. The second kappa shape index (κ2) is 7.90. The summed E-state index contributed by atoms with van der Waals surface area (Å²) in [5.74, 6) is -0.254. The molecule has 2 fully saturated rings. The first-order valence-corrected chi connectivity index (χ1v) is 10.8. The Hall–Kier alpha value is -1.42. The van der Waals surface area contributed by atoms with Crippen LogP contribution in [0.3, 0.4) is 0 Å². The third kappa shape index (κ3) is 6.31. The van der Waals surface area contributed by atoms with Crippen molar-refractivity contribution in [2.24, 2.45) is 5.18 Å². The lowest BCUT2D eigenvalue weighted by Gasteiger charge is -2.40. The van der Waals surface area contributed by atoms with Gasteiger partial charge in [-0.1, -0.05) is 44.5 Å². The first-order chi connectivity index (χ1) is 12.4. The Morgan fingerprint density at radius 3 is 2.11 bits per heavy atom. The summed E-state index contributed by atoms with van der Waals surface area (Å²) in [6.07, 6.45) is 4.91. The summed E-state index contributed by atoms with van der Waals surface area (Å²) in [5, 5.41) is 3.06. The number of nitroso groups, excluding NO2 is 1. The van der Waals surface area contributed by atoms with Crippen molar-refractivity contribution in [3.63, 3.8) is 0 Å². The largest absolute Gasteiger partial charge is 0.497 e. The van der Waals surface area contributed by atoms with Crippen LogP contribution in [0.25, 0.3) is 0 Å². The summed E-state index contributed by atoms with van der Waals surface area (Å²) in [5.41, 5.74) is 0.210. The van der Waals surface area contributed by atoms with Crippen LogP contribution in [0.5, 0.6) is 5.75 Å². The molecule has 2 aliphatic rings. The molecule has 0 atom stereocenters. The van der Waals surface area contributed by atoms with Gasteiger partial charge in [-0.15, -0.1) is 0 Å². The summed E-state index contributed by atoms with van der Waals surface area (Å²) in [4.78, 5) is 10.7. The first-order valence-electron chi connectivity index (χ1n) is 8.82. The van der Waals surface area contributed by atoms with Crippen LogP contribution in [0.15, 0.2) is 34.3 Å². The van der Waals surface area contributed by atoms with Gasteiger partial charge in [0.25, 0.3) is 0 Å². The van der Waals surface area contributed by atoms with Gasteiger partial charge in [0.2, 0.25) is 0 Å². The average molecular weight is 418 g/mol. The number of fused-ring (bicyclic) bond motifs is 1. The van der Waals surface area contributed by atoms with Gasteiger partial charge in [0.05, 0.1) is 13.7 Å². The fourth-order valence-electron chi connectivity index (χ4n) is 3.44. The van der Waals surface area contributed by atoms with Crippen molar-refractivity contribution in [2.75, 3.05) is 26.7 Å². The van der Waals surface area contributed by atoms with Gasteiger partial charge < -0.3 is 4.74 Å². The summed E-state index contributed by atoms with van der Waals surface area (Å²) in [6.45, 7) is 6.90. The monoisotopic (exact) mass is 418 g/mol. The highest BCUT2D eigenvalue weighted by molar-refractivity contribution is 8.45. The molecule has 10 heteroatoms. The molecule has 0 aliphatic carbocycles. The molecule has 2 heterocycles. The van der Waals surface area contributed by atoms with Crippen LogP contribution >= 0.6 is 10.2 Å². The van der Waals surface area contributed by atoms with E-state index in [1.807, 2.05) is 13.8 Å².